The SMILES string of the molecule is [C-]#[N+]C1=C(CCc2ccccc2)NC(C)=C(C#N)C1c1ccc(F)cc1Cl. The largest absolute Gasteiger partial charge is 0.372 e. The number of halogens is 2. The van der Waals surface area contributed by atoms with Crippen LogP contribution < -0.4 is 5.32 Å². The smallest absolute Gasteiger partial charge is 0.196 e. The van der Waals surface area contributed by atoms with Crippen LogP contribution in [-0.4, -0.2) is 0 Å². The van der Waals surface area contributed by atoms with Crippen LogP contribution in [-0.2, 0) is 6.42 Å². The van der Waals surface area contributed by atoms with Gasteiger partial charge in [0.1, 0.15) is 5.82 Å². The molecule has 1 aliphatic rings. The first kappa shape index (κ1) is 18.7. The van der Waals surface area contributed by atoms with Crippen molar-refractivity contribution >= 4 is 11.6 Å². The van der Waals surface area contributed by atoms with Crippen LogP contribution in [0, 0.1) is 23.7 Å². The first-order valence-electron chi connectivity index (χ1n) is 8.52. The van der Waals surface area contributed by atoms with Crippen LogP contribution in [0.5, 0.6) is 0 Å². The average Bonchev–Trinajstić information content (AvgIpc) is 2.67. The Morgan fingerprint density at radius 2 is 1.96 bits per heavy atom. The van der Waals surface area contributed by atoms with Crippen LogP contribution in [0.2, 0.25) is 5.02 Å². The minimum absolute atomic E-state index is 0.214. The summed E-state index contributed by atoms with van der Waals surface area (Å²) in [5.41, 5.74) is 4.06. The van der Waals surface area contributed by atoms with Crippen LogP contribution >= 0.6 is 11.6 Å². The molecule has 3 nitrogen and oxygen atoms in total. The van der Waals surface area contributed by atoms with Gasteiger partial charge in [-0.1, -0.05) is 48.0 Å². The number of dihydropyridines is 1. The molecule has 0 fully saturated rings. The number of allylic oxidation sites excluding steroid dienone is 3. The molecule has 2 aromatic carbocycles. The predicted octanol–water partition coefficient (Wildman–Crippen LogP) is 5.73. The Bertz CT molecular complexity index is 1010. The molecular weight excluding hydrogens is 361 g/mol. The number of nitriles is 1. The minimum Gasteiger partial charge on any atom is -0.372 e. The van der Waals surface area contributed by atoms with Crippen molar-refractivity contribution in [3.8, 4) is 6.07 Å². The maximum atomic E-state index is 13.5. The Hall–Kier alpha value is -3.08. The second-order valence-electron chi connectivity index (χ2n) is 6.34. The highest BCUT2D eigenvalue weighted by Crippen LogP contribution is 2.42. The molecule has 134 valence electrons. The molecule has 0 saturated heterocycles. The quantitative estimate of drug-likeness (QED) is 0.691. The molecule has 3 rings (SSSR count). The number of hydrogen-bond donors (Lipinski definition) is 1. The third kappa shape index (κ3) is 3.87. The molecule has 1 aliphatic heterocycles. The lowest BCUT2D eigenvalue weighted by Gasteiger charge is -2.28. The summed E-state index contributed by atoms with van der Waals surface area (Å²) < 4.78 is 13.5. The third-order valence-electron chi connectivity index (χ3n) is 4.63. The van der Waals surface area contributed by atoms with Crippen molar-refractivity contribution in [3.63, 3.8) is 0 Å². The average molecular weight is 378 g/mol. The molecule has 0 aliphatic carbocycles. The first-order valence-corrected chi connectivity index (χ1v) is 8.90. The molecule has 27 heavy (non-hydrogen) atoms. The third-order valence-corrected chi connectivity index (χ3v) is 4.96. The summed E-state index contributed by atoms with van der Waals surface area (Å²) in [6.07, 6.45) is 1.40. The Morgan fingerprint density at radius 1 is 1.22 bits per heavy atom. The van der Waals surface area contributed by atoms with E-state index in [-0.39, 0.29) is 5.02 Å². The van der Waals surface area contributed by atoms with Crippen LogP contribution in [0.15, 0.2) is 71.2 Å². The van der Waals surface area contributed by atoms with Crippen molar-refractivity contribution < 1.29 is 4.39 Å². The second-order valence-corrected chi connectivity index (χ2v) is 6.74. The van der Waals surface area contributed by atoms with Crippen molar-refractivity contribution in [2.45, 2.75) is 25.7 Å². The highest BCUT2D eigenvalue weighted by Gasteiger charge is 2.32. The maximum Gasteiger partial charge on any atom is 0.196 e. The van der Waals surface area contributed by atoms with Gasteiger partial charge in [-0.05, 0) is 43.0 Å². The van der Waals surface area contributed by atoms with E-state index in [9.17, 15) is 9.65 Å². The zero-order valence-corrected chi connectivity index (χ0v) is 15.5. The predicted molar refractivity (Wildman–Crippen MR) is 104 cm³/mol. The lowest BCUT2D eigenvalue weighted by Crippen LogP contribution is -2.25. The van der Waals surface area contributed by atoms with E-state index in [2.05, 4.69) is 16.2 Å². The summed E-state index contributed by atoms with van der Waals surface area (Å²) in [6.45, 7) is 9.52. The monoisotopic (exact) mass is 377 g/mol. The Balaban J connectivity index is 2.04. The lowest BCUT2D eigenvalue weighted by atomic mass is 9.84. The fourth-order valence-corrected chi connectivity index (χ4v) is 3.58. The first-order chi connectivity index (χ1) is 13.0. The van der Waals surface area contributed by atoms with E-state index in [4.69, 9.17) is 18.2 Å². The van der Waals surface area contributed by atoms with Gasteiger partial charge in [0.15, 0.2) is 5.70 Å². The maximum absolute atomic E-state index is 13.5. The molecule has 5 heteroatoms. The van der Waals surface area contributed by atoms with Gasteiger partial charge in [-0.25, -0.2) is 9.24 Å². The van der Waals surface area contributed by atoms with Crippen molar-refractivity contribution in [1.82, 2.24) is 5.32 Å². The number of nitrogens with zero attached hydrogens (tertiary/aromatic N) is 2. The molecule has 0 bridgehead atoms. The van der Waals surface area contributed by atoms with Gasteiger partial charge in [0.2, 0.25) is 0 Å². The number of benzene rings is 2. The zero-order valence-electron chi connectivity index (χ0n) is 14.8. The van der Waals surface area contributed by atoms with Crippen molar-refractivity contribution in [2.24, 2.45) is 0 Å². The Labute approximate surface area is 163 Å². The summed E-state index contributed by atoms with van der Waals surface area (Å²) in [7, 11) is 0. The normalized spacial score (nSPS) is 16.6. The van der Waals surface area contributed by atoms with Gasteiger partial charge in [0, 0.05) is 16.4 Å². The minimum atomic E-state index is -0.590. The van der Waals surface area contributed by atoms with Crippen molar-refractivity contribution in [1.29, 1.82) is 5.26 Å². The van der Waals surface area contributed by atoms with E-state index in [1.807, 2.05) is 37.3 Å². The number of aryl methyl sites for hydroxylation is 1. The van der Waals surface area contributed by atoms with E-state index >= 15 is 0 Å². The summed E-state index contributed by atoms with van der Waals surface area (Å²) in [5.74, 6) is -1.04. The molecule has 0 saturated carbocycles. The zero-order chi connectivity index (χ0) is 19.4. The van der Waals surface area contributed by atoms with E-state index in [0.29, 0.717) is 29.0 Å². The standard InChI is InChI=1S/C22H17ClFN3/c1-14-18(13-25)21(17-10-9-16(24)12-19(17)23)22(26-2)20(27-14)11-8-15-6-4-3-5-7-15/h3-7,9-10,12,21,27H,8,11H2,1H3. The van der Waals surface area contributed by atoms with E-state index < -0.39 is 11.7 Å². The highest BCUT2D eigenvalue weighted by atomic mass is 35.5. The molecule has 1 unspecified atom stereocenters. The van der Waals surface area contributed by atoms with Crippen LogP contribution in [0.4, 0.5) is 4.39 Å². The highest BCUT2D eigenvalue weighted by molar-refractivity contribution is 6.31. The fourth-order valence-electron chi connectivity index (χ4n) is 3.31. The molecule has 1 atom stereocenters. The number of hydrogen-bond acceptors (Lipinski definition) is 2. The summed E-state index contributed by atoms with van der Waals surface area (Å²) in [5, 5.41) is 13.1. The molecule has 0 amide bonds. The van der Waals surface area contributed by atoms with Crippen molar-refractivity contribution in [3.05, 3.63) is 105 Å². The van der Waals surface area contributed by atoms with Gasteiger partial charge in [0.05, 0.1) is 24.1 Å². The lowest BCUT2D eigenvalue weighted by molar-refractivity contribution is 0.626. The molecule has 1 heterocycles. The molecule has 2 aromatic rings. The molecule has 0 aromatic heterocycles. The van der Waals surface area contributed by atoms with Gasteiger partial charge in [-0.2, -0.15) is 5.26 Å². The van der Waals surface area contributed by atoms with Crippen LogP contribution in [0.1, 0.15) is 30.4 Å². The molecule has 1 N–H and O–H groups in total. The van der Waals surface area contributed by atoms with Gasteiger partial charge in [0.25, 0.3) is 0 Å². The van der Waals surface area contributed by atoms with Gasteiger partial charge < -0.3 is 5.32 Å². The Kier molecular flexibility index (Phi) is 5.60. The van der Waals surface area contributed by atoms with Crippen LogP contribution in [0.25, 0.3) is 4.85 Å². The van der Waals surface area contributed by atoms with Gasteiger partial charge in [-0.15, -0.1) is 0 Å². The molecule has 0 radical (unpaired) electrons. The molecule has 0 spiro atoms. The fraction of sp³-hybridized carbons (Fsp3) is 0.182. The number of nitrogens with one attached hydrogen (secondary N) is 1. The summed E-state index contributed by atoms with van der Waals surface area (Å²) in [4.78, 5) is 3.72. The summed E-state index contributed by atoms with van der Waals surface area (Å²) in [6, 6.07) is 16.3. The van der Waals surface area contributed by atoms with E-state index in [1.165, 1.54) is 17.7 Å². The topological polar surface area (TPSA) is 40.2 Å². The van der Waals surface area contributed by atoms with Gasteiger partial charge in [-0.3, -0.25) is 0 Å². The van der Waals surface area contributed by atoms with E-state index in [1.54, 1.807) is 6.07 Å². The molecular formula is C22H17ClFN3. The Morgan fingerprint density at radius 3 is 2.59 bits per heavy atom. The van der Waals surface area contributed by atoms with E-state index in [0.717, 1.165) is 12.1 Å². The number of rotatable bonds is 4. The van der Waals surface area contributed by atoms with Crippen molar-refractivity contribution in [2.75, 3.05) is 0 Å². The van der Waals surface area contributed by atoms with Gasteiger partial charge >= 0.3 is 0 Å². The second kappa shape index (κ2) is 8.08. The summed E-state index contributed by atoms with van der Waals surface area (Å²) >= 11 is 6.26. The van der Waals surface area contributed by atoms with Crippen LogP contribution in [0.3, 0.4) is 0 Å².